The van der Waals surface area contributed by atoms with E-state index in [1.165, 1.54) is 6.39 Å². The van der Waals surface area contributed by atoms with Gasteiger partial charge in [-0.25, -0.2) is 0 Å². The molecule has 1 heterocycles. The summed E-state index contributed by atoms with van der Waals surface area (Å²) in [5, 5.41) is 3.58. The highest BCUT2D eigenvalue weighted by Gasteiger charge is 1.98. The van der Waals surface area contributed by atoms with E-state index in [0.29, 0.717) is 12.4 Å². The molecule has 0 bridgehead atoms. The molecule has 1 aromatic rings. The predicted octanol–water partition coefficient (Wildman–Crippen LogP) is 0.995. The maximum atomic E-state index is 5.20. The molecule has 56 valence electrons. The molecule has 0 amide bonds. The van der Waals surface area contributed by atoms with Gasteiger partial charge < -0.3 is 9.26 Å². The molecule has 0 fully saturated rings. The molecule has 0 unspecified atom stereocenters. The lowest BCUT2D eigenvalue weighted by atomic mass is 10.5. The van der Waals surface area contributed by atoms with E-state index in [9.17, 15) is 0 Å². The Morgan fingerprint density at radius 3 is 3.00 bits per heavy atom. The molecule has 4 nitrogen and oxygen atoms in total. The number of aromatic nitrogens is 2. The van der Waals surface area contributed by atoms with Gasteiger partial charge in [-0.05, 0) is 13.8 Å². The number of hydrogen-bond acceptors (Lipinski definition) is 4. The molecular weight excluding hydrogens is 132 g/mol. The molecule has 0 aliphatic heterocycles. The average molecular weight is 142 g/mol. The standard InChI is InChI=1S/C6H10N2O2/c1-5(2)9-3-6-7-4-10-8-6/h4-5H,3H2,1-2H3. The fourth-order valence-corrected chi connectivity index (χ4v) is 0.497. The van der Waals surface area contributed by atoms with Gasteiger partial charge in [0.05, 0.1) is 6.10 Å². The molecule has 1 rings (SSSR count). The minimum atomic E-state index is 0.207. The molecule has 4 heteroatoms. The van der Waals surface area contributed by atoms with Gasteiger partial charge in [-0.2, -0.15) is 4.98 Å². The third-order valence-corrected chi connectivity index (χ3v) is 0.953. The smallest absolute Gasteiger partial charge is 0.213 e. The number of nitrogens with zero attached hydrogens (tertiary/aromatic N) is 2. The maximum Gasteiger partial charge on any atom is 0.213 e. The quantitative estimate of drug-likeness (QED) is 0.631. The van der Waals surface area contributed by atoms with Gasteiger partial charge in [-0.15, -0.1) is 0 Å². The van der Waals surface area contributed by atoms with Crippen molar-refractivity contribution in [2.24, 2.45) is 0 Å². The highest BCUT2D eigenvalue weighted by molar-refractivity contribution is 4.72. The van der Waals surface area contributed by atoms with Gasteiger partial charge in [0.2, 0.25) is 6.39 Å². The van der Waals surface area contributed by atoms with Crippen LogP contribution in [0.1, 0.15) is 19.7 Å². The van der Waals surface area contributed by atoms with E-state index in [0.717, 1.165) is 0 Å². The van der Waals surface area contributed by atoms with Crippen LogP contribution in [-0.2, 0) is 11.3 Å². The molecular formula is C6H10N2O2. The van der Waals surface area contributed by atoms with Crippen LogP contribution in [0.4, 0.5) is 0 Å². The first-order valence-electron chi connectivity index (χ1n) is 3.16. The van der Waals surface area contributed by atoms with Crippen LogP contribution in [0.15, 0.2) is 10.9 Å². The fraction of sp³-hybridized carbons (Fsp3) is 0.667. The second-order valence-corrected chi connectivity index (χ2v) is 2.21. The van der Waals surface area contributed by atoms with Crippen molar-refractivity contribution in [1.82, 2.24) is 10.1 Å². The zero-order valence-corrected chi connectivity index (χ0v) is 6.07. The van der Waals surface area contributed by atoms with E-state index in [2.05, 4.69) is 14.7 Å². The highest BCUT2D eigenvalue weighted by atomic mass is 16.5. The first kappa shape index (κ1) is 7.21. The minimum absolute atomic E-state index is 0.207. The van der Waals surface area contributed by atoms with Gasteiger partial charge >= 0.3 is 0 Å². The van der Waals surface area contributed by atoms with Crippen LogP contribution in [0.25, 0.3) is 0 Å². The van der Waals surface area contributed by atoms with Gasteiger partial charge in [0.25, 0.3) is 0 Å². The van der Waals surface area contributed by atoms with Crippen molar-refractivity contribution < 1.29 is 9.26 Å². The van der Waals surface area contributed by atoms with Crippen molar-refractivity contribution >= 4 is 0 Å². The molecule has 0 saturated carbocycles. The normalized spacial score (nSPS) is 10.7. The third-order valence-electron chi connectivity index (χ3n) is 0.953. The minimum Gasteiger partial charge on any atom is -0.371 e. The summed E-state index contributed by atoms with van der Waals surface area (Å²) in [4.78, 5) is 3.79. The van der Waals surface area contributed by atoms with E-state index in [1.807, 2.05) is 13.8 Å². The van der Waals surface area contributed by atoms with Gasteiger partial charge in [0, 0.05) is 0 Å². The number of rotatable bonds is 3. The van der Waals surface area contributed by atoms with Crippen molar-refractivity contribution in [1.29, 1.82) is 0 Å². The summed E-state index contributed by atoms with van der Waals surface area (Å²) in [5.41, 5.74) is 0. The van der Waals surface area contributed by atoms with Crippen molar-refractivity contribution in [3.05, 3.63) is 12.2 Å². The largest absolute Gasteiger partial charge is 0.371 e. The molecule has 0 saturated heterocycles. The Kier molecular flexibility index (Phi) is 2.39. The lowest BCUT2D eigenvalue weighted by Gasteiger charge is -2.02. The lowest BCUT2D eigenvalue weighted by molar-refractivity contribution is 0.0601. The fourth-order valence-electron chi connectivity index (χ4n) is 0.497. The zero-order chi connectivity index (χ0) is 7.40. The van der Waals surface area contributed by atoms with Crippen molar-refractivity contribution in [3.8, 4) is 0 Å². The van der Waals surface area contributed by atoms with Gasteiger partial charge in [0.15, 0.2) is 5.82 Å². The van der Waals surface area contributed by atoms with Crippen LogP contribution in [0.3, 0.4) is 0 Å². The van der Waals surface area contributed by atoms with Crippen LogP contribution in [0, 0.1) is 0 Å². The first-order chi connectivity index (χ1) is 4.79. The third kappa shape index (κ3) is 2.14. The number of hydrogen-bond donors (Lipinski definition) is 0. The Hall–Kier alpha value is -0.900. The Bertz CT molecular complexity index is 172. The predicted molar refractivity (Wildman–Crippen MR) is 34.2 cm³/mol. The summed E-state index contributed by atoms with van der Waals surface area (Å²) < 4.78 is 9.71. The van der Waals surface area contributed by atoms with Crippen molar-refractivity contribution in [2.75, 3.05) is 0 Å². The summed E-state index contributed by atoms with van der Waals surface area (Å²) >= 11 is 0. The van der Waals surface area contributed by atoms with E-state index in [4.69, 9.17) is 4.74 Å². The molecule has 0 aliphatic rings. The average Bonchev–Trinajstić information content (AvgIpc) is 2.34. The first-order valence-corrected chi connectivity index (χ1v) is 3.16. The Morgan fingerprint density at radius 1 is 1.70 bits per heavy atom. The molecule has 0 N–H and O–H groups in total. The van der Waals surface area contributed by atoms with Crippen LogP contribution in [0.5, 0.6) is 0 Å². The maximum absolute atomic E-state index is 5.20. The summed E-state index contributed by atoms with van der Waals surface area (Å²) in [6.45, 7) is 4.34. The summed E-state index contributed by atoms with van der Waals surface area (Å²) in [5.74, 6) is 0.591. The molecule has 0 aromatic carbocycles. The van der Waals surface area contributed by atoms with Gasteiger partial charge in [0.1, 0.15) is 6.61 Å². The van der Waals surface area contributed by atoms with E-state index < -0.39 is 0 Å². The monoisotopic (exact) mass is 142 g/mol. The van der Waals surface area contributed by atoms with E-state index in [-0.39, 0.29) is 6.10 Å². The summed E-state index contributed by atoms with van der Waals surface area (Å²) in [7, 11) is 0. The Balaban J connectivity index is 2.28. The van der Waals surface area contributed by atoms with E-state index >= 15 is 0 Å². The van der Waals surface area contributed by atoms with Crippen molar-refractivity contribution in [2.45, 2.75) is 26.6 Å². The summed E-state index contributed by atoms with van der Waals surface area (Å²) in [6.07, 6.45) is 1.50. The second-order valence-electron chi connectivity index (χ2n) is 2.21. The van der Waals surface area contributed by atoms with Crippen LogP contribution < -0.4 is 0 Å². The topological polar surface area (TPSA) is 48.2 Å². The molecule has 0 aliphatic carbocycles. The number of ether oxygens (including phenoxy) is 1. The molecule has 1 aromatic heterocycles. The Labute approximate surface area is 59.2 Å². The van der Waals surface area contributed by atoms with Gasteiger partial charge in [-0.1, -0.05) is 5.16 Å². The van der Waals surface area contributed by atoms with Gasteiger partial charge in [-0.3, -0.25) is 0 Å². The molecule has 0 radical (unpaired) electrons. The highest BCUT2D eigenvalue weighted by Crippen LogP contribution is 1.95. The summed E-state index contributed by atoms with van der Waals surface area (Å²) in [6, 6.07) is 0. The van der Waals surface area contributed by atoms with Crippen LogP contribution in [0.2, 0.25) is 0 Å². The van der Waals surface area contributed by atoms with E-state index in [1.54, 1.807) is 0 Å². The lowest BCUT2D eigenvalue weighted by Crippen LogP contribution is -2.03. The molecule has 0 atom stereocenters. The van der Waals surface area contributed by atoms with Crippen molar-refractivity contribution in [3.63, 3.8) is 0 Å². The van der Waals surface area contributed by atoms with Crippen LogP contribution >= 0.6 is 0 Å². The second kappa shape index (κ2) is 3.31. The van der Waals surface area contributed by atoms with Crippen LogP contribution in [-0.4, -0.2) is 16.2 Å². The molecule has 10 heavy (non-hydrogen) atoms. The SMILES string of the molecule is CC(C)OCc1ncon1. The zero-order valence-electron chi connectivity index (χ0n) is 6.07. The Morgan fingerprint density at radius 2 is 2.50 bits per heavy atom. The molecule has 0 spiro atoms.